The summed E-state index contributed by atoms with van der Waals surface area (Å²) >= 11 is 0. The predicted molar refractivity (Wildman–Crippen MR) is 86.1 cm³/mol. The number of amides is 1. The topological polar surface area (TPSA) is 105 Å². The predicted octanol–water partition coefficient (Wildman–Crippen LogP) is 0.847. The van der Waals surface area contributed by atoms with Crippen LogP contribution in [0.1, 0.15) is 5.56 Å². The standard InChI is InChI=1S/C15H16N6O2/c22-5-4-16-14-13-15(18-8-17-14)21(9-19-13)7-11-2-1-3-12(6-11)20-10-23/h1-3,6,8-10,22H,4-5,7H2,(H,20,23)(H,16,17,18). The Morgan fingerprint density at radius 1 is 1.26 bits per heavy atom. The quantitative estimate of drug-likeness (QED) is 0.559. The van der Waals surface area contributed by atoms with E-state index in [2.05, 4.69) is 25.6 Å². The lowest BCUT2D eigenvalue weighted by Gasteiger charge is -2.07. The lowest BCUT2D eigenvalue weighted by atomic mass is 10.2. The summed E-state index contributed by atoms with van der Waals surface area (Å²) in [5, 5.41) is 14.6. The number of nitrogens with one attached hydrogen (secondary N) is 2. The largest absolute Gasteiger partial charge is 0.395 e. The number of carbonyl (C=O) groups is 1. The van der Waals surface area contributed by atoms with Crippen molar-refractivity contribution >= 4 is 29.1 Å². The molecule has 0 fully saturated rings. The molecule has 0 aliphatic carbocycles. The number of fused-ring (bicyclic) bond motifs is 1. The van der Waals surface area contributed by atoms with E-state index >= 15 is 0 Å². The molecule has 1 amide bonds. The molecular formula is C15H16N6O2. The molecule has 8 nitrogen and oxygen atoms in total. The molecule has 3 aromatic rings. The molecule has 0 spiro atoms. The van der Waals surface area contributed by atoms with Gasteiger partial charge in [0.25, 0.3) is 0 Å². The number of aliphatic hydroxyl groups excluding tert-OH is 1. The van der Waals surface area contributed by atoms with Gasteiger partial charge >= 0.3 is 0 Å². The number of hydrogen-bond acceptors (Lipinski definition) is 6. The number of anilines is 2. The van der Waals surface area contributed by atoms with Gasteiger partial charge in [-0.25, -0.2) is 15.0 Å². The maximum atomic E-state index is 10.5. The van der Waals surface area contributed by atoms with Gasteiger partial charge in [0.15, 0.2) is 11.5 Å². The molecule has 2 heterocycles. The zero-order valence-corrected chi connectivity index (χ0v) is 12.3. The number of hydrogen-bond donors (Lipinski definition) is 3. The van der Waals surface area contributed by atoms with Crippen molar-refractivity contribution in [3.63, 3.8) is 0 Å². The molecule has 3 N–H and O–H groups in total. The second-order valence-corrected chi connectivity index (χ2v) is 4.88. The van der Waals surface area contributed by atoms with Crippen LogP contribution < -0.4 is 10.6 Å². The summed E-state index contributed by atoms with van der Waals surface area (Å²) in [5.41, 5.74) is 3.11. The van der Waals surface area contributed by atoms with Gasteiger partial charge in [0.2, 0.25) is 6.41 Å². The Kier molecular flexibility index (Phi) is 4.44. The van der Waals surface area contributed by atoms with Gasteiger partial charge in [-0.05, 0) is 17.7 Å². The smallest absolute Gasteiger partial charge is 0.211 e. The maximum Gasteiger partial charge on any atom is 0.211 e. The first-order chi connectivity index (χ1) is 11.3. The van der Waals surface area contributed by atoms with Crippen LogP contribution in [0.25, 0.3) is 11.2 Å². The minimum absolute atomic E-state index is 0.0166. The number of imidazole rings is 1. The second kappa shape index (κ2) is 6.84. The van der Waals surface area contributed by atoms with Gasteiger partial charge in [-0.1, -0.05) is 12.1 Å². The third-order valence-corrected chi connectivity index (χ3v) is 3.31. The number of aromatic nitrogens is 4. The summed E-state index contributed by atoms with van der Waals surface area (Å²) in [6.45, 7) is 0.989. The van der Waals surface area contributed by atoms with E-state index in [9.17, 15) is 4.79 Å². The Balaban J connectivity index is 1.89. The highest BCUT2D eigenvalue weighted by Crippen LogP contribution is 2.19. The maximum absolute atomic E-state index is 10.5. The molecule has 0 saturated heterocycles. The van der Waals surface area contributed by atoms with E-state index in [0.717, 1.165) is 11.3 Å². The minimum Gasteiger partial charge on any atom is -0.395 e. The van der Waals surface area contributed by atoms with Crippen molar-refractivity contribution in [2.45, 2.75) is 6.54 Å². The summed E-state index contributed by atoms with van der Waals surface area (Å²) in [6.07, 6.45) is 3.81. The first-order valence-electron chi connectivity index (χ1n) is 7.11. The van der Waals surface area contributed by atoms with E-state index in [-0.39, 0.29) is 6.61 Å². The van der Waals surface area contributed by atoms with Crippen molar-refractivity contribution < 1.29 is 9.90 Å². The Morgan fingerprint density at radius 3 is 3.00 bits per heavy atom. The van der Waals surface area contributed by atoms with Crippen LogP contribution in [0.3, 0.4) is 0 Å². The molecule has 0 atom stereocenters. The molecule has 3 rings (SSSR count). The molecule has 0 bridgehead atoms. The van der Waals surface area contributed by atoms with Crippen molar-refractivity contribution in [3.05, 3.63) is 42.5 Å². The Hall–Kier alpha value is -3.00. The lowest BCUT2D eigenvalue weighted by Crippen LogP contribution is -2.08. The molecule has 118 valence electrons. The van der Waals surface area contributed by atoms with Gasteiger partial charge < -0.3 is 20.3 Å². The molecule has 0 unspecified atom stereocenters. The number of benzene rings is 1. The summed E-state index contributed by atoms with van der Waals surface area (Å²) < 4.78 is 1.90. The normalized spacial score (nSPS) is 10.7. The van der Waals surface area contributed by atoms with Crippen LogP contribution in [0.15, 0.2) is 36.9 Å². The highest BCUT2D eigenvalue weighted by Gasteiger charge is 2.10. The van der Waals surface area contributed by atoms with E-state index in [0.29, 0.717) is 36.5 Å². The van der Waals surface area contributed by atoms with E-state index < -0.39 is 0 Å². The third-order valence-electron chi connectivity index (χ3n) is 3.31. The van der Waals surface area contributed by atoms with Crippen LogP contribution in [0.2, 0.25) is 0 Å². The van der Waals surface area contributed by atoms with E-state index in [4.69, 9.17) is 5.11 Å². The Morgan fingerprint density at radius 2 is 2.17 bits per heavy atom. The van der Waals surface area contributed by atoms with Crippen molar-refractivity contribution in [1.82, 2.24) is 19.5 Å². The van der Waals surface area contributed by atoms with Gasteiger partial charge in [0.05, 0.1) is 19.5 Å². The van der Waals surface area contributed by atoms with Crippen molar-refractivity contribution in [3.8, 4) is 0 Å². The zero-order chi connectivity index (χ0) is 16.1. The fourth-order valence-electron chi connectivity index (χ4n) is 2.32. The monoisotopic (exact) mass is 312 g/mol. The van der Waals surface area contributed by atoms with Crippen molar-refractivity contribution in [1.29, 1.82) is 0 Å². The second-order valence-electron chi connectivity index (χ2n) is 4.88. The summed E-state index contributed by atoms with van der Waals surface area (Å²) in [6, 6.07) is 7.56. The average Bonchev–Trinajstić information content (AvgIpc) is 2.97. The van der Waals surface area contributed by atoms with Gasteiger partial charge in [-0.3, -0.25) is 4.79 Å². The van der Waals surface area contributed by atoms with E-state index in [1.165, 1.54) is 6.33 Å². The minimum atomic E-state index is 0.0166. The molecule has 0 saturated carbocycles. The van der Waals surface area contributed by atoms with Gasteiger partial charge in [0, 0.05) is 12.2 Å². The third kappa shape index (κ3) is 3.27. The highest BCUT2D eigenvalue weighted by atomic mass is 16.3. The van der Waals surface area contributed by atoms with E-state index in [1.807, 2.05) is 28.8 Å². The number of aliphatic hydroxyl groups is 1. The fourth-order valence-corrected chi connectivity index (χ4v) is 2.32. The number of carbonyl (C=O) groups excluding carboxylic acids is 1. The van der Waals surface area contributed by atoms with Gasteiger partial charge in [-0.15, -0.1) is 0 Å². The lowest BCUT2D eigenvalue weighted by molar-refractivity contribution is -0.105. The molecule has 1 aromatic carbocycles. The number of rotatable bonds is 7. The van der Waals surface area contributed by atoms with Gasteiger partial charge in [-0.2, -0.15) is 0 Å². The molecular weight excluding hydrogens is 296 g/mol. The molecule has 0 aliphatic heterocycles. The molecule has 0 aliphatic rings. The summed E-state index contributed by atoms with van der Waals surface area (Å²) in [7, 11) is 0. The van der Waals surface area contributed by atoms with Gasteiger partial charge in [0.1, 0.15) is 11.8 Å². The van der Waals surface area contributed by atoms with Crippen LogP contribution in [-0.2, 0) is 11.3 Å². The molecule has 0 radical (unpaired) electrons. The Labute approximate surface area is 132 Å². The SMILES string of the molecule is O=CNc1cccc(Cn2cnc3c(NCCO)ncnc32)c1. The van der Waals surface area contributed by atoms with E-state index in [1.54, 1.807) is 6.33 Å². The number of nitrogens with zero attached hydrogens (tertiary/aromatic N) is 4. The summed E-state index contributed by atoms with van der Waals surface area (Å²) in [5.74, 6) is 0.596. The van der Waals surface area contributed by atoms with Crippen molar-refractivity contribution in [2.24, 2.45) is 0 Å². The average molecular weight is 312 g/mol. The molecule has 23 heavy (non-hydrogen) atoms. The molecule has 2 aromatic heterocycles. The molecule has 8 heteroatoms. The zero-order valence-electron chi connectivity index (χ0n) is 12.3. The van der Waals surface area contributed by atoms with Crippen LogP contribution in [0.4, 0.5) is 11.5 Å². The summed E-state index contributed by atoms with van der Waals surface area (Å²) in [4.78, 5) is 23.3. The van der Waals surface area contributed by atoms with Crippen LogP contribution >= 0.6 is 0 Å². The van der Waals surface area contributed by atoms with Crippen LogP contribution in [0, 0.1) is 0 Å². The van der Waals surface area contributed by atoms with Crippen LogP contribution in [0.5, 0.6) is 0 Å². The first-order valence-corrected chi connectivity index (χ1v) is 7.11. The first kappa shape index (κ1) is 14.9. The van der Waals surface area contributed by atoms with Crippen molar-refractivity contribution in [2.75, 3.05) is 23.8 Å². The highest BCUT2D eigenvalue weighted by molar-refractivity contribution is 5.82. The van der Waals surface area contributed by atoms with Crippen LogP contribution in [-0.4, -0.2) is 44.2 Å². The Bertz CT molecular complexity index is 817. The fraction of sp³-hybridized carbons (Fsp3) is 0.200.